The van der Waals surface area contributed by atoms with E-state index in [0.717, 1.165) is 54.7 Å². The number of nitrogens with one attached hydrogen (secondary N) is 1. The van der Waals surface area contributed by atoms with Gasteiger partial charge in [0.15, 0.2) is 0 Å². The largest absolute Gasteiger partial charge is 0.369 e. The van der Waals surface area contributed by atoms with E-state index in [1.54, 1.807) is 0 Å². The normalized spacial score (nSPS) is 21.1. The van der Waals surface area contributed by atoms with Crippen LogP contribution in [-0.4, -0.2) is 36.6 Å². The number of imidazole rings is 2. The summed E-state index contributed by atoms with van der Waals surface area (Å²) in [5, 5.41) is 3.66. The van der Waals surface area contributed by atoms with Crippen LogP contribution in [0.5, 0.6) is 0 Å². The van der Waals surface area contributed by atoms with Crippen molar-refractivity contribution in [3.63, 3.8) is 0 Å². The van der Waals surface area contributed by atoms with Crippen LogP contribution < -0.4 is 5.32 Å². The van der Waals surface area contributed by atoms with Crippen molar-refractivity contribution in [2.75, 3.05) is 6.61 Å². The molecule has 0 radical (unpaired) electrons. The molecule has 4 heterocycles. The summed E-state index contributed by atoms with van der Waals surface area (Å²) in [6.07, 6.45) is 7.81. The lowest BCUT2D eigenvalue weighted by atomic mass is 10.0. The molecule has 3 aromatic rings. The number of rotatable bonds is 4. The Morgan fingerprint density at radius 1 is 1.32 bits per heavy atom. The lowest BCUT2D eigenvalue weighted by molar-refractivity contribution is -0.0179. The fraction of sp³-hybridized carbons (Fsp3) is 0.500. The van der Waals surface area contributed by atoms with Gasteiger partial charge in [0.05, 0.1) is 11.9 Å². The SMILES string of the molecule is Cc1cc(C)n2c(CN[C@H]3CCCO[C@@H]3c3nccn3C)cnc2n1. The van der Waals surface area contributed by atoms with Crippen molar-refractivity contribution in [2.45, 2.75) is 45.4 Å². The highest BCUT2D eigenvalue weighted by Crippen LogP contribution is 2.27. The Hall–Kier alpha value is -2.25. The first-order valence-electron chi connectivity index (χ1n) is 8.76. The van der Waals surface area contributed by atoms with Gasteiger partial charge in [-0.2, -0.15) is 0 Å². The minimum atomic E-state index is -0.0191. The van der Waals surface area contributed by atoms with Crippen molar-refractivity contribution in [3.05, 3.63) is 47.6 Å². The van der Waals surface area contributed by atoms with Gasteiger partial charge in [-0.25, -0.2) is 15.0 Å². The minimum absolute atomic E-state index is 0.0191. The molecule has 3 aromatic heterocycles. The molecule has 4 rings (SSSR count). The number of nitrogens with zero attached hydrogens (tertiary/aromatic N) is 5. The average Bonchev–Trinajstić information content (AvgIpc) is 3.19. The fourth-order valence-corrected chi connectivity index (χ4v) is 3.65. The first kappa shape index (κ1) is 16.2. The van der Waals surface area contributed by atoms with Gasteiger partial charge in [-0.15, -0.1) is 0 Å². The highest BCUT2D eigenvalue weighted by molar-refractivity contribution is 5.35. The molecule has 1 aliphatic rings. The predicted octanol–water partition coefficient (Wildman–Crippen LogP) is 2.09. The van der Waals surface area contributed by atoms with E-state index < -0.39 is 0 Å². The number of aromatic nitrogens is 5. The van der Waals surface area contributed by atoms with E-state index in [2.05, 4.69) is 37.7 Å². The molecule has 1 aliphatic heterocycles. The third kappa shape index (κ3) is 3.05. The van der Waals surface area contributed by atoms with Gasteiger partial charge in [0.1, 0.15) is 11.9 Å². The summed E-state index contributed by atoms with van der Waals surface area (Å²) in [5.74, 6) is 1.73. The molecular weight excluding hydrogens is 316 g/mol. The Labute approximate surface area is 147 Å². The smallest absolute Gasteiger partial charge is 0.234 e. The van der Waals surface area contributed by atoms with E-state index in [1.165, 1.54) is 0 Å². The predicted molar refractivity (Wildman–Crippen MR) is 94.2 cm³/mol. The number of hydrogen-bond acceptors (Lipinski definition) is 5. The zero-order valence-electron chi connectivity index (χ0n) is 14.9. The quantitative estimate of drug-likeness (QED) is 0.787. The first-order chi connectivity index (χ1) is 12.1. The zero-order valence-corrected chi connectivity index (χ0v) is 14.9. The van der Waals surface area contributed by atoms with E-state index in [4.69, 9.17) is 4.74 Å². The van der Waals surface area contributed by atoms with E-state index in [1.807, 2.05) is 37.1 Å². The highest BCUT2D eigenvalue weighted by Gasteiger charge is 2.30. The molecule has 1 fully saturated rings. The number of fused-ring (bicyclic) bond motifs is 1. The number of aryl methyl sites for hydroxylation is 3. The number of hydrogen-bond donors (Lipinski definition) is 1. The molecule has 25 heavy (non-hydrogen) atoms. The van der Waals surface area contributed by atoms with Crippen LogP contribution >= 0.6 is 0 Å². The third-order valence-electron chi connectivity index (χ3n) is 4.84. The Morgan fingerprint density at radius 2 is 2.20 bits per heavy atom. The molecule has 0 spiro atoms. The number of ether oxygens (including phenoxy) is 1. The van der Waals surface area contributed by atoms with E-state index in [9.17, 15) is 0 Å². The second-order valence-electron chi connectivity index (χ2n) is 6.74. The summed E-state index contributed by atoms with van der Waals surface area (Å²) in [4.78, 5) is 13.4. The summed E-state index contributed by atoms with van der Waals surface area (Å²) in [7, 11) is 2.01. The molecule has 0 saturated carbocycles. The zero-order chi connectivity index (χ0) is 17.4. The second-order valence-corrected chi connectivity index (χ2v) is 6.74. The first-order valence-corrected chi connectivity index (χ1v) is 8.76. The van der Waals surface area contributed by atoms with Gasteiger partial charge in [-0.05, 0) is 32.8 Å². The molecule has 7 heteroatoms. The highest BCUT2D eigenvalue weighted by atomic mass is 16.5. The molecule has 0 bridgehead atoms. The molecule has 0 unspecified atom stereocenters. The summed E-state index contributed by atoms with van der Waals surface area (Å²) in [6, 6.07) is 2.32. The van der Waals surface area contributed by atoms with Crippen molar-refractivity contribution in [2.24, 2.45) is 7.05 Å². The molecule has 1 saturated heterocycles. The molecule has 132 valence electrons. The lowest BCUT2D eigenvalue weighted by Crippen LogP contribution is -2.40. The standard InChI is InChI=1S/C18H24N6O/c1-12-9-13(2)24-14(11-21-18(24)22-12)10-20-15-5-4-8-25-16(15)17-19-6-7-23(17)3/h6-7,9,11,15-16,20H,4-5,8,10H2,1-3H3/t15-,16-/m0/s1. The Kier molecular flexibility index (Phi) is 4.27. The molecule has 0 amide bonds. The minimum Gasteiger partial charge on any atom is -0.369 e. The van der Waals surface area contributed by atoms with Crippen molar-refractivity contribution in [1.82, 2.24) is 29.2 Å². The summed E-state index contributed by atoms with van der Waals surface area (Å²) >= 11 is 0. The third-order valence-corrected chi connectivity index (χ3v) is 4.84. The van der Waals surface area contributed by atoms with Crippen LogP contribution in [0.2, 0.25) is 0 Å². The van der Waals surface area contributed by atoms with Gasteiger partial charge < -0.3 is 14.6 Å². The van der Waals surface area contributed by atoms with Crippen LogP contribution in [0.15, 0.2) is 24.7 Å². The van der Waals surface area contributed by atoms with Crippen molar-refractivity contribution in [3.8, 4) is 0 Å². The molecular formula is C18H24N6O. The molecule has 0 aromatic carbocycles. The van der Waals surface area contributed by atoms with Crippen LogP contribution in [0.3, 0.4) is 0 Å². The van der Waals surface area contributed by atoms with Crippen molar-refractivity contribution < 1.29 is 4.74 Å². The van der Waals surface area contributed by atoms with Crippen molar-refractivity contribution in [1.29, 1.82) is 0 Å². The van der Waals surface area contributed by atoms with E-state index >= 15 is 0 Å². The fourth-order valence-electron chi connectivity index (χ4n) is 3.65. The van der Waals surface area contributed by atoms with Crippen molar-refractivity contribution >= 4 is 5.78 Å². The van der Waals surface area contributed by atoms with Crippen LogP contribution in [0.25, 0.3) is 5.78 Å². The Morgan fingerprint density at radius 3 is 3.00 bits per heavy atom. The van der Waals surface area contributed by atoms with Gasteiger partial charge in [0.2, 0.25) is 5.78 Å². The molecule has 1 N–H and O–H groups in total. The van der Waals surface area contributed by atoms with E-state index in [0.29, 0.717) is 0 Å². The topological polar surface area (TPSA) is 69.3 Å². The maximum Gasteiger partial charge on any atom is 0.234 e. The molecule has 0 aliphatic carbocycles. The summed E-state index contributed by atoms with van der Waals surface area (Å²) < 4.78 is 10.2. The van der Waals surface area contributed by atoms with Crippen LogP contribution in [0.1, 0.15) is 41.9 Å². The molecule has 7 nitrogen and oxygen atoms in total. The van der Waals surface area contributed by atoms with Gasteiger partial charge in [-0.1, -0.05) is 0 Å². The van der Waals surface area contributed by atoms with Gasteiger partial charge in [0.25, 0.3) is 0 Å². The van der Waals surface area contributed by atoms with Gasteiger partial charge >= 0.3 is 0 Å². The Balaban J connectivity index is 1.55. The summed E-state index contributed by atoms with van der Waals surface area (Å²) in [6.45, 7) is 5.60. The van der Waals surface area contributed by atoms with Crippen LogP contribution in [0, 0.1) is 13.8 Å². The average molecular weight is 340 g/mol. The monoisotopic (exact) mass is 340 g/mol. The van der Waals surface area contributed by atoms with Gasteiger partial charge in [0, 0.05) is 50.0 Å². The Bertz CT molecular complexity index is 883. The lowest BCUT2D eigenvalue weighted by Gasteiger charge is -2.32. The summed E-state index contributed by atoms with van der Waals surface area (Å²) in [5.41, 5.74) is 3.26. The maximum atomic E-state index is 6.03. The van der Waals surface area contributed by atoms with Gasteiger partial charge in [-0.3, -0.25) is 4.40 Å². The van der Waals surface area contributed by atoms with Crippen LogP contribution in [-0.2, 0) is 18.3 Å². The van der Waals surface area contributed by atoms with Crippen LogP contribution in [0.4, 0.5) is 0 Å². The molecule has 2 atom stereocenters. The second kappa shape index (κ2) is 6.57. The maximum absolute atomic E-state index is 6.03. The van der Waals surface area contributed by atoms with E-state index in [-0.39, 0.29) is 12.1 Å².